The normalized spacial score (nSPS) is 22.4. The topological polar surface area (TPSA) is 118 Å². The smallest absolute Gasteiger partial charge is 0.271 e. The molecule has 4 rings (SSSR count). The number of likely N-dealkylation sites (tertiary alicyclic amines) is 1. The Morgan fingerprint density at radius 1 is 1.33 bits per heavy atom. The summed E-state index contributed by atoms with van der Waals surface area (Å²) in [7, 11) is 0. The van der Waals surface area contributed by atoms with Gasteiger partial charge in [-0.05, 0) is 39.0 Å². The number of allylic oxidation sites excluding steroid dienone is 1. The van der Waals surface area contributed by atoms with Gasteiger partial charge in [-0.1, -0.05) is 18.5 Å². The second kappa shape index (κ2) is 10.1. The number of hydrogen-bond acceptors (Lipinski definition) is 7. The van der Waals surface area contributed by atoms with E-state index < -0.39 is 0 Å². The number of fused-ring (bicyclic) bond motifs is 1. The summed E-state index contributed by atoms with van der Waals surface area (Å²) in [6.07, 6.45) is 8.09. The summed E-state index contributed by atoms with van der Waals surface area (Å²) >= 11 is 6.26. The first-order valence-electron chi connectivity index (χ1n) is 11.7. The van der Waals surface area contributed by atoms with E-state index in [1.54, 1.807) is 9.42 Å². The number of hydrogen-bond donors (Lipinski definition) is 2. The first-order chi connectivity index (χ1) is 15.9. The van der Waals surface area contributed by atoms with Crippen LogP contribution in [-0.2, 0) is 4.79 Å². The largest absolute Gasteiger partial charge is 0.393 e. The van der Waals surface area contributed by atoms with E-state index in [4.69, 9.17) is 33.2 Å². The van der Waals surface area contributed by atoms with Crippen molar-refractivity contribution in [1.82, 2.24) is 19.5 Å². The summed E-state index contributed by atoms with van der Waals surface area (Å²) in [5.41, 5.74) is 14.9. The number of aromatic nitrogens is 3. The molecule has 2 aliphatic rings. The fraction of sp³-hybridized carbons (Fsp3) is 0.565. The lowest BCUT2D eigenvalue weighted by Crippen LogP contribution is -2.41. The number of carbonyl (C=O) groups is 1. The van der Waals surface area contributed by atoms with Crippen molar-refractivity contribution in [2.24, 2.45) is 16.5 Å². The van der Waals surface area contributed by atoms with Crippen molar-refractivity contribution in [3.05, 3.63) is 34.2 Å². The van der Waals surface area contributed by atoms with E-state index in [2.05, 4.69) is 9.89 Å². The van der Waals surface area contributed by atoms with Crippen LogP contribution in [0.5, 0.6) is 0 Å². The highest BCUT2D eigenvalue weighted by atomic mass is 35.5. The van der Waals surface area contributed by atoms with Gasteiger partial charge in [-0.2, -0.15) is 5.10 Å². The standard InChI is InChI=1S/C23H33ClN8O/c1-3-8-27-12-17(24)21(26)23(33)31-9-5-4-6-19(31)18-11-20-28-22(15(2)13-32(20)29-18)30-10-7-16(25)14-30/h11-13,16,19H,3-10,14,25-26H2,1-2H3/t16-,19-/m0/s1. The van der Waals surface area contributed by atoms with Gasteiger partial charge in [0.15, 0.2) is 5.65 Å². The number of carbonyl (C=O) groups excluding carboxylic acids is 1. The average Bonchev–Trinajstić information content (AvgIpc) is 3.43. The number of anilines is 1. The molecule has 2 fully saturated rings. The Balaban J connectivity index is 1.61. The van der Waals surface area contributed by atoms with Crippen LogP contribution < -0.4 is 16.4 Å². The maximum absolute atomic E-state index is 13.2. The van der Waals surface area contributed by atoms with Gasteiger partial charge in [-0.3, -0.25) is 9.79 Å². The summed E-state index contributed by atoms with van der Waals surface area (Å²) in [4.78, 5) is 26.3. The minimum atomic E-state index is -0.277. The molecule has 0 aliphatic carbocycles. The molecular weight excluding hydrogens is 440 g/mol. The van der Waals surface area contributed by atoms with Crippen LogP contribution in [0.1, 0.15) is 56.3 Å². The van der Waals surface area contributed by atoms with Crippen molar-refractivity contribution in [2.45, 2.75) is 58.0 Å². The number of rotatable bonds is 6. The van der Waals surface area contributed by atoms with E-state index in [9.17, 15) is 4.79 Å². The third-order valence-electron chi connectivity index (χ3n) is 6.30. The molecule has 4 heterocycles. The van der Waals surface area contributed by atoms with Crippen molar-refractivity contribution in [1.29, 1.82) is 0 Å². The molecule has 10 heteroatoms. The van der Waals surface area contributed by atoms with Gasteiger partial charge in [0.1, 0.15) is 11.5 Å². The van der Waals surface area contributed by atoms with E-state index in [1.807, 2.05) is 26.1 Å². The zero-order valence-electron chi connectivity index (χ0n) is 19.4. The molecule has 2 saturated heterocycles. The van der Waals surface area contributed by atoms with Crippen LogP contribution in [0.4, 0.5) is 5.82 Å². The van der Waals surface area contributed by atoms with Crippen molar-refractivity contribution in [2.75, 3.05) is 31.1 Å². The lowest BCUT2D eigenvalue weighted by Gasteiger charge is -2.34. The second-order valence-electron chi connectivity index (χ2n) is 8.92. The van der Waals surface area contributed by atoms with Crippen LogP contribution >= 0.6 is 11.6 Å². The quantitative estimate of drug-likeness (QED) is 0.492. The molecule has 4 N–H and O–H groups in total. The van der Waals surface area contributed by atoms with E-state index in [0.29, 0.717) is 13.1 Å². The first-order valence-corrected chi connectivity index (χ1v) is 12.1. The molecule has 0 saturated carbocycles. The third-order valence-corrected chi connectivity index (χ3v) is 6.60. The Morgan fingerprint density at radius 3 is 2.88 bits per heavy atom. The molecule has 33 heavy (non-hydrogen) atoms. The Bertz CT molecular complexity index is 1080. The van der Waals surface area contributed by atoms with Crippen molar-refractivity contribution in [3.8, 4) is 0 Å². The molecule has 2 aromatic rings. The van der Waals surface area contributed by atoms with Crippen molar-refractivity contribution >= 4 is 35.2 Å². The van der Waals surface area contributed by atoms with Crippen LogP contribution in [0.15, 0.2) is 28.0 Å². The average molecular weight is 473 g/mol. The van der Waals surface area contributed by atoms with Crippen LogP contribution in [-0.4, -0.2) is 63.8 Å². The summed E-state index contributed by atoms with van der Waals surface area (Å²) in [6, 6.07) is 1.98. The number of aliphatic imine (C=N–C) groups is 1. The molecule has 0 radical (unpaired) electrons. The van der Waals surface area contributed by atoms with Crippen molar-refractivity contribution in [3.63, 3.8) is 0 Å². The Morgan fingerprint density at radius 2 is 2.15 bits per heavy atom. The highest BCUT2D eigenvalue weighted by Crippen LogP contribution is 2.32. The molecular formula is C23H33ClN8O. The van der Waals surface area contributed by atoms with Crippen LogP contribution in [0.2, 0.25) is 0 Å². The van der Waals surface area contributed by atoms with Gasteiger partial charge >= 0.3 is 0 Å². The second-order valence-corrected chi connectivity index (χ2v) is 9.33. The van der Waals surface area contributed by atoms with E-state index in [-0.39, 0.29) is 28.7 Å². The maximum Gasteiger partial charge on any atom is 0.271 e. The predicted molar refractivity (Wildman–Crippen MR) is 132 cm³/mol. The summed E-state index contributed by atoms with van der Waals surface area (Å²) < 4.78 is 1.80. The Labute approximate surface area is 199 Å². The van der Waals surface area contributed by atoms with E-state index >= 15 is 0 Å². The minimum absolute atomic E-state index is 0.0220. The first kappa shape index (κ1) is 23.5. The SMILES string of the molecule is CCCN=CC(Cl)=C(N)C(=O)N1CCCC[C@H]1c1cc2nc(N3CC[C@H](N)C3)c(C)cn2n1. The summed E-state index contributed by atoms with van der Waals surface area (Å²) in [5.74, 6) is 0.671. The van der Waals surface area contributed by atoms with E-state index in [1.165, 1.54) is 6.21 Å². The molecule has 0 unspecified atom stereocenters. The molecule has 2 atom stereocenters. The minimum Gasteiger partial charge on any atom is -0.393 e. The van der Waals surface area contributed by atoms with Crippen LogP contribution in [0.3, 0.4) is 0 Å². The Kier molecular flexibility index (Phi) is 7.19. The number of nitrogens with two attached hydrogens (primary N) is 2. The molecule has 0 spiro atoms. The molecule has 2 aromatic heterocycles. The number of aryl methyl sites for hydroxylation is 1. The third kappa shape index (κ3) is 4.99. The lowest BCUT2D eigenvalue weighted by molar-refractivity contribution is -0.131. The summed E-state index contributed by atoms with van der Waals surface area (Å²) in [6.45, 7) is 7.03. The van der Waals surface area contributed by atoms with Gasteiger partial charge in [-0.15, -0.1) is 0 Å². The number of piperidine rings is 1. The fourth-order valence-corrected chi connectivity index (χ4v) is 4.71. The molecule has 1 amide bonds. The predicted octanol–water partition coefficient (Wildman–Crippen LogP) is 2.52. The number of halogens is 1. The highest BCUT2D eigenvalue weighted by molar-refractivity contribution is 6.41. The molecule has 0 aromatic carbocycles. The molecule has 0 bridgehead atoms. The van der Waals surface area contributed by atoms with Crippen molar-refractivity contribution < 1.29 is 4.79 Å². The van der Waals surface area contributed by atoms with Crippen LogP contribution in [0, 0.1) is 6.92 Å². The highest BCUT2D eigenvalue weighted by Gasteiger charge is 2.32. The van der Waals surface area contributed by atoms with Gasteiger partial charge in [0, 0.05) is 56.3 Å². The number of amides is 1. The molecule has 9 nitrogen and oxygen atoms in total. The van der Waals surface area contributed by atoms with Gasteiger partial charge in [0.05, 0.1) is 16.8 Å². The van der Waals surface area contributed by atoms with Gasteiger partial charge in [0.2, 0.25) is 0 Å². The molecule has 2 aliphatic heterocycles. The zero-order chi connectivity index (χ0) is 23.5. The monoisotopic (exact) mass is 472 g/mol. The lowest BCUT2D eigenvalue weighted by atomic mass is 9.99. The Hall–Kier alpha value is -2.65. The van der Waals surface area contributed by atoms with Gasteiger partial charge < -0.3 is 21.3 Å². The van der Waals surface area contributed by atoms with Gasteiger partial charge in [-0.25, -0.2) is 9.50 Å². The van der Waals surface area contributed by atoms with Gasteiger partial charge in [0.25, 0.3) is 5.91 Å². The van der Waals surface area contributed by atoms with Crippen LogP contribution in [0.25, 0.3) is 5.65 Å². The van der Waals surface area contributed by atoms with E-state index in [0.717, 1.165) is 67.9 Å². The molecule has 178 valence electrons. The fourth-order valence-electron chi connectivity index (χ4n) is 4.56. The zero-order valence-corrected chi connectivity index (χ0v) is 20.1. The number of nitrogens with zero attached hydrogens (tertiary/aromatic N) is 6. The maximum atomic E-state index is 13.2. The summed E-state index contributed by atoms with van der Waals surface area (Å²) in [5, 5.41) is 4.96.